The van der Waals surface area contributed by atoms with Gasteiger partial charge in [-0.05, 0) is 39.8 Å². The molecule has 1 aliphatic carbocycles. The number of fused-ring (bicyclic) bond motifs is 1. The monoisotopic (exact) mass is 413 g/mol. The quantitative estimate of drug-likeness (QED) is 0.672. The minimum Gasteiger partial charge on any atom is -0.493 e. The molecule has 2 heterocycles. The largest absolute Gasteiger partial charge is 0.493 e. The second-order valence-corrected chi connectivity index (χ2v) is 8.16. The van der Waals surface area contributed by atoms with Crippen LogP contribution in [0.15, 0.2) is 34.1 Å². The van der Waals surface area contributed by atoms with Crippen molar-refractivity contribution in [2.75, 3.05) is 24.4 Å². The molecule has 0 saturated carbocycles. The number of anilines is 2. The Morgan fingerprint density at radius 2 is 2.03 bits per heavy atom. The van der Waals surface area contributed by atoms with Crippen LogP contribution in [0.3, 0.4) is 0 Å². The van der Waals surface area contributed by atoms with E-state index in [0.29, 0.717) is 41.5 Å². The number of primary amides is 1. The number of ether oxygens (including phenoxy) is 2. The number of methoxy groups -OCH3 is 1. The van der Waals surface area contributed by atoms with Crippen molar-refractivity contribution in [1.29, 1.82) is 0 Å². The molecule has 0 spiro atoms. The average Bonchev–Trinajstić information content (AvgIpc) is 3.04. The number of nitrogens with two attached hydrogens (primary N) is 1. The number of hydrogen-bond donors (Lipinski definition) is 3. The summed E-state index contributed by atoms with van der Waals surface area (Å²) in [5, 5.41) is 14.3. The van der Waals surface area contributed by atoms with Crippen LogP contribution < -0.4 is 25.8 Å². The minimum absolute atomic E-state index is 0.0429. The number of nitrogens with one attached hydrogen (secondary N) is 2. The van der Waals surface area contributed by atoms with Gasteiger partial charge in [0.1, 0.15) is 0 Å². The number of benzene rings is 1. The van der Waals surface area contributed by atoms with Crippen molar-refractivity contribution in [2.24, 2.45) is 11.1 Å². The second-order valence-electron chi connectivity index (χ2n) is 8.16. The minimum atomic E-state index is -0.589. The maximum atomic E-state index is 13.1. The normalized spacial score (nSPS) is 19.7. The zero-order valence-electron chi connectivity index (χ0n) is 16.9. The van der Waals surface area contributed by atoms with E-state index >= 15 is 0 Å². The standard InChI is InChI=1S/C20H23N5O5/c1-20(2)7-11-16(12(26)8-20)17(23-19-18(22-11)24-30-25-19)10-4-5-13(14(6-10)28-3)29-9-15(21)27/h4-6,17H,7-9H2,1-3H3,(H2,21,27)(H,22,24)(H,23,25). The average molecular weight is 413 g/mol. The van der Waals surface area contributed by atoms with E-state index < -0.39 is 11.9 Å². The van der Waals surface area contributed by atoms with Crippen molar-refractivity contribution in [3.63, 3.8) is 0 Å². The fourth-order valence-electron chi connectivity index (χ4n) is 3.88. The van der Waals surface area contributed by atoms with Gasteiger partial charge in [-0.15, -0.1) is 0 Å². The molecule has 158 valence electrons. The van der Waals surface area contributed by atoms with Crippen molar-refractivity contribution in [3.8, 4) is 11.5 Å². The molecular formula is C20H23N5O5. The van der Waals surface area contributed by atoms with E-state index in [9.17, 15) is 9.59 Å². The Morgan fingerprint density at radius 3 is 2.77 bits per heavy atom. The van der Waals surface area contributed by atoms with Gasteiger partial charge >= 0.3 is 0 Å². The van der Waals surface area contributed by atoms with E-state index in [1.165, 1.54) is 7.11 Å². The molecule has 1 aliphatic heterocycles. The number of carbonyl (C=O) groups excluding carboxylic acids is 2. The first-order valence-electron chi connectivity index (χ1n) is 9.49. The van der Waals surface area contributed by atoms with Crippen molar-refractivity contribution in [2.45, 2.75) is 32.7 Å². The van der Waals surface area contributed by atoms with Crippen molar-refractivity contribution >= 4 is 23.3 Å². The molecule has 4 rings (SSSR count). The van der Waals surface area contributed by atoms with Gasteiger partial charge in [0.25, 0.3) is 5.91 Å². The molecule has 0 saturated heterocycles. The third kappa shape index (κ3) is 3.68. The molecule has 1 unspecified atom stereocenters. The maximum absolute atomic E-state index is 13.1. The Morgan fingerprint density at radius 1 is 1.27 bits per heavy atom. The topological polar surface area (TPSA) is 142 Å². The number of rotatable bonds is 5. The van der Waals surface area contributed by atoms with E-state index in [-0.39, 0.29) is 17.8 Å². The fourth-order valence-corrected chi connectivity index (χ4v) is 3.88. The Hall–Kier alpha value is -3.56. The van der Waals surface area contributed by atoms with Gasteiger partial charge in [-0.2, -0.15) is 0 Å². The Balaban J connectivity index is 1.78. The summed E-state index contributed by atoms with van der Waals surface area (Å²) >= 11 is 0. The Bertz CT molecular complexity index is 1040. The van der Waals surface area contributed by atoms with Crippen LogP contribution in [0.4, 0.5) is 11.6 Å². The molecule has 0 fully saturated rings. The molecular weight excluding hydrogens is 390 g/mol. The van der Waals surface area contributed by atoms with E-state index in [0.717, 1.165) is 11.3 Å². The molecule has 1 aromatic heterocycles. The fraction of sp³-hybridized carbons (Fsp3) is 0.400. The molecule has 2 aliphatic rings. The molecule has 1 aromatic carbocycles. The van der Waals surface area contributed by atoms with Gasteiger partial charge in [0.15, 0.2) is 23.9 Å². The van der Waals surface area contributed by atoms with Crippen LogP contribution in [0, 0.1) is 5.41 Å². The lowest BCUT2D eigenvalue weighted by Gasteiger charge is -2.34. The van der Waals surface area contributed by atoms with Gasteiger partial charge in [-0.25, -0.2) is 4.63 Å². The predicted molar refractivity (Wildman–Crippen MR) is 107 cm³/mol. The number of allylic oxidation sites excluding steroid dienone is 1. The molecule has 0 bridgehead atoms. The summed E-state index contributed by atoms with van der Waals surface area (Å²) in [6.45, 7) is 3.84. The van der Waals surface area contributed by atoms with Crippen LogP contribution in [-0.4, -0.2) is 35.7 Å². The van der Waals surface area contributed by atoms with Gasteiger partial charge in [-0.3, -0.25) is 9.59 Å². The number of amides is 1. The van der Waals surface area contributed by atoms with Crippen LogP contribution in [0.2, 0.25) is 0 Å². The zero-order valence-corrected chi connectivity index (χ0v) is 16.9. The van der Waals surface area contributed by atoms with E-state index in [4.69, 9.17) is 19.8 Å². The zero-order chi connectivity index (χ0) is 21.5. The third-order valence-corrected chi connectivity index (χ3v) is 5.14. The highest BCUT2D eigenvalue weighted by Crippen LogP contribution is 2.45. The lowest BCUT2D eigenvalue weighted by Crippen LogP contribution is -2.31. The van der Waals surface area contributed by atoms with Crippen LogP contribution in [0.1, 0.15) is 38.3 Å². The molecule has 10 heteroatoms. The van der Waals surface area contributed by atoms with Crippen LogP contribution in [0.5, 0.6) is 11.5 Å². The summed E-state index contributed by atoms with van der Waals surface area (Å²) in [7, 11) is 1.50. The number of hydrogen-bond acceptors (Lipinski definition) is 9. The first-order valence-corrected chi connectivity index (χ1v) is 9.49. The van der Waals surface area contributed by atoms with Gasteiger partial charge < -0.3 is 25.8 Å². The first-order chi connectivity index (χ1) is 14.3. The van der Waals surface area contributed by atoms with Gasteiger partial charge in [0, 0.05) is 17.7 Å². The highest BCUT2D eigenvalue weighted by molar-refractivity contribution is 6.00. The number of aromatic nitrogens is 2. The Kier molecular flexibility index (Phi) is 4.84. The van der Waals surface area contributed by atoms with Gasteiger partial charge in [-0.1, -0.05) is 19.9 Å². The molecule has 1 atom stereocenters. The van der Waals surface area contributed by atoms with Crippen LogP contribution in [0.25, 0.3) is 0 Å². The lowest BCUT2D eigenvalue weighted by molar-refractivity contribution is -0.120. The van der Waals surface area contributed by atoms with E-state index in [1.807, 2.05) is 0 Å². The summed E-state index contributed by atoms with van der Waals surface area (Å²) in [6.07, 6.45) is 1.10. The summed E-state index contributed by atoms with van der Waals surface area (Å²) in [5.41, 5.74) is 7.15. The number of nitrogens with zero attached hydrogens (tertiary/aromatic N) is 2. The van der Waals surface area contributed by atoms with Gasteiger partial charge in [0.05, 0.1) is 13.2 Å². The van der Waals surface area contributed by atoms with Crippen molar-refractivity contribution in [3.05, 3.63) is 35.0 Å². The van der Waals surface area contributed by atoms with Crippen LogP contribution in [-0.2, 0) is 9.59 Å². The van der Waals surface area contributed by atoms with Crippen LogP contribution >= 0.6 is 0 Å². The summed E-state index contributed by atoms with van der Waals surface area (Å²) in [4.78, 5) is 24.2. The molecule has 4 N–H and O–H groups in total. The summed E-state index contributed by atoms with van der Waals surface area (Å²) in [5.74, 6) is 1.09. The van der Waals surface area contributed by atoms with Crippen molar-refractivity contribution in [1.82, 2.24) is 10.3 Å². The SMILES string of the molecule is COc1cc(C2Nc3nonc3NC3=C2C(=O)CC(C)(C)C3)ccc1OCC(N)=O. The molecule has 10 nitrogen and oxygen atoms in total. The third-order valence-electron chi connectivity index (χ3n) is 5.14. The highest BCUT2D eigenvalue weighted by atomic mass is 16.6. The second kappa shape index (κ2) is 7.36. The van der Waals surface area contributed by atoms with E-state index in [1.54, 1.807) is 18.2 Å². The molecule has 2 aromatic rings. The van der Waals surface area contributed by atoms with E-state index in [2.05, 4.69) is 34.8 Å². The number of Topliss-reactive ketones (excluding diaryl/α,β-unsaturated/α-hetero) is 1. The first kappa shape index (κ1) is 19.7. The molecule has 0 radical (unpaired) electrons. The van der Waals surface area contributed by atoms with Gasteiger partial charge in [0.2, 0.25) is 11.6 Å². The lowest BCUT2D eigenvalue weighted by atomic mass is 9.73. The summed E-state index contributed by atoms with van der Waals surface area (Å²) in [6, 6.07) is 4.73. The smallest absolute Gasteiger partial charge is 0.255 e. The predicted octanol–water partition coefficient (Wildman–Crippen LogP) is 2.16. The highest BCUT2D eigenvalue weighted by Gasteiger charge is 2.40. The van der Waals surface area contributed by atoms with Crippen molar-refractivity contribution < 1.29 is 23.7 Å². The molecule has 30 heavy (non-hydrogen) atoms. The summed E-state index contributed by atoms with van der Waals surface area (Å²) < 4.78 is 15.7. The number of carbonyl (C=O) groups is 2. The molecule has 1 amide bonds. The Labute approximate surface area is 172 Å². The maximum Gasteiger partial charge on any atom is 0.255 e. The number of ketones is 1.